The summed E-state index contributed by atoms with van der Waals surface area (Å²) in [6.07, 6.45) is -2.68. The number of carbonyl (C=O) groups excluding carboxylic acids is 2. The zero-order valence-corrected chi connectivity index (χ0v) is 17.6. The molecule has 0 radical (unpaired) electrons. The third-order valence-corrected chi connectivity index (χ3v) is 2.64. The number of carbonyl (C=O) groups is 4. The topological polar surface area (TPSA) is 168 Å². The van der Waals surface area contributed by atoms with Gasteiger partial charge in [-0.25, -0.2) is 19.2 Å². The predicted octanol–water partition coefficient (Wildman–Crippen LogP) is 1.24. The van der Waals surface area contributed by atoms with Crippen LogP contribution in [-0.2, 0) is 28.7 Å². The summed E-state index contributed by atoms with van der Waals surface area (Å²) in [5.74, 6) is -3.20. The smallest absolute Gasteiger partial charge is 0.333 e. The van der Waals surface area contributed by atoms with Crippen molar-refractivity contribution < 1.29 is 49.1 Å². The number of hydrogen-bond acceptors (Lipinski definition) is 8. The van der Waals surface area contributed by atoms with Crippen molar-refractivity contribution >= 4 is 23.9 Å². The minimum absolute atomic E-state index is 0.176. The molecule has 10 nitrogen and oxygen atoms in total. The Morgan fingerprint density at radius 2 is 0.833 bits per heavy atom. The maximum atomic E-state index is 11.0. The average Bonchev–Trinajstić information content (AvgIpc) is 2.63. The molecule has 30 heavy (non-hydrogen) atoms. The standard InChI is InChI=1S/C12H18O6.2C4H6O2/c1-7(2)11(15)17-5-9(13)10(14)6-18-12(16)8(3)4;2*1-3(2)4(5)6/h9-10,13-14H,1,3,5-6H2,2,4H3;2*1H2,2H3,(H,5,6). The molecule has 0 aromatic heterocycles. The van der Waals surface area contributed by atoms with Gasteiger partial charge >= 0.3 is 23.9 Å². The number of aliphatic carboxylic acids is 2. The number of carboxylic acid groups (broad SMARTS) is 2. The molecular formula is C20H30O10. The van der Waals surface area contributed by atoms with Crippen LogP contribution in [0.25, 0.3) is 0 Å². The second kappa shape index (κ2) is 16.7. The highest BCUT2D eigenvalue weighted by molar-refractivity contribution is 5.87. The molecule has 0 aromatic rings. The monoisotopic (exact) mass is 430 g/mol. The first-order valence-corrected chi connectivity index (χ1v) is 8.33. The number of esters is 2. The lowest BCUT2D eigenvalue weighted by molar-refractivity contribution is -0.151. The van der Waals surface area contributed by atoms with Crippen LogP contribution in [0.4, 0.5) is 0 Å². The Hall–Kier alpha value is -3.24. The third kappa shape index (κ3) is 19.5. The molecular weight excluding hydrogens is 400 g/mol. The molecule has 2 atom stereocenters. The van der Waals surface area contributed by atoms with Crippen molar-refractivity contribution in [2.45, 2.75) is 39.9 Å². The van der Waals surface area contributed by atoms with Gasteiger partial charge in [0.05, 0.1) is 0 Å². The first-order valence-electron chi connectivity index (χ1n) is 8.33. The van der Waals surface area contributed by atoms with E-state index in [1.807, 2.05) is 0 Å². The molecule has 0 rings (SSSR count). The van der Waals surface area contributed by atoms with Gasteiger partial charge in [-0.2, -0.15) is 0 Å². The van der Waals surface area contributed by atoms with Crippen LogP contribution in [-0.4, -0.2) is 69.7 Å². The molecule has 0 fully saturated rings. The van der Waals surface area contributed by atoms with Crippen LogP contribution in [0.5, 0.6) is 0 Å². The van der Waals surface area contributed by atoms with Crippen LogP contribution < -0.4 is 0 Å². The Morgan fingerprint density at radius 1 is 0.633 bits per heavy atom. The molecule has 0 aliphatic rings. The lowest BCUT2D eigenvalue weighted by Crippen LogP contribution is -2.35. The van der Waals surface area contributed by atoms with Gasteiger partial charge in [0.15, 0.2) is 0 Å². The van der Waals surface area contributed by atoms with Crippen molar-refractivity contribution in [1.29, 1.82) is 0 Å². The van der Waals surface area contributed by atoms with E-state index in [1.165, 1.54) is 27.7 Å². The maximum Gasteiger partial charge on any atom is 0.333 e. The molecule has 4 N–H and O–H groups in total. The van der Waals surface area contributed by atoms with E-state index in [0.717, 1.165) is 0 Å². The number of aliphatic hydroxyl groups excluding tert-OH is 2. The van der Waals surface area contributed by atoms with Crippen molar-refractivity contribution in [2.24, 2.45) is 0 Å². The van der Waals surface area contributed by atoms with E-state index in [4.69, 9.17) is 10.2 Å². The van der Waals surface area contributed by atoms with Crippen LogP contribution in [0, 0.1) is 0 Å². The summed E-state index contributed by atoms with van der Waals surface area (Å²) in [7, 11) is 0. The van der Waals surface area contributed by atoms with E-state index >= 15 is 0 Å². The van der Waals surface area contributed by atoms with E-state index in [1.54, 1.807) is 0 Å². The molecule has 0 amide bonds. The molecule has 0 aromatic carbocycles. The molecule has 0 saturated heterocycles. The lowest BCUT2D eigenvalue weighted by Gasteiger charge is -2.17. The van der Waals surface area contributed by atoms with Gasteiger partial charge in [0.1, 0.15) is 25.4 Å². The van der Waals surface area contributed by atoms with Gasteiger partial charge in [-0.05, 0) is 27.7 Å². The van der Waals surface area contributed by atoms with Gasteiger partial charge < -0.3 is 29.9 Å². The van der Waals surface area contributed by atoms with Gasteiger partial charge in [0.2, 0.25) is 0 Å². The Morgan fingerprint density at radius 3 is 0.967 bits per heavy atom. The fraction of sp³-hybridized carbons (Fsp3) is 0.400. The van der Waals surface area contributed by atoms with Crippen molar-refractivity contribution in [3.63, 3.8) is 0 Å². The molecule has 0 bridgehead atoms. The number of ether oxygens (including phenoxy) is 2. The molecule has 0 aliphatic heterocycles. The maximum absolute atomic E-state index is 11.0. The minimum Gasteiger partial charge on any atom is -0.478 e. The molecule has 0 aliphatic carbocycles. The summed E-state index contributed by atoms with van der Waals surface area (Å²) in [5, 5.41) is 34.6. The molecule has 0 heterocycles. The van der Waals surface area contributed by atoms with E-state index in [9.17, 15) is 29.4 Å². The van der Waals surface area contributed by atoms with Gasteiger partial charge in [-0.15, -0.1) is 0 Å². The molecule has 0 spiro atoms. The Balaban J connectivity index is -0.000000495. The van der Waals surface area contributed by atoms with Crippen LogP contribution >= 0.6 is 0 Å². The van der Waals surface area contributed by atoms with Gasteiger partial charge in [-0.1, -0.05) is 26.3 Å². The summed E-state index contributed by atoms with van der Waals surface area (Å²) < 4.78 is 9.27. The largest absolute Gasteiger partial charge is 0.478 e. The third-order valence-electron chi connectivity index (χ3n) is 2.64. The highest BCUT2D eigenvalue weighted by Crippen LogP contribution is 2.01. The summed E-state index contributed by atoms with van der Waals surface area (Å²) in [6, 6.07) is 0. The minimum atomic E-state index is -1.34. The SMILES string of the molecule is C=C(C)C(=O)O.C=C(C)C(=O)O.C=C(C)C(=O)OCC(O)C(O)COC(=O)C(=C)C. The quantitative estimate of drug-likeness (QED) is 0.308. The van der Waals surface area contributed by atoms with Gasteiger partial charge in [-0.3, -0.25) is 0 Å². The number of hydrogen-bond donors (Lipinski definition) is 4. The number of carboxylic acids is 2. The van der Waals surface area contributed by atoms with Crippen molar-refractivity contribution in [3.05, 3.63) is 48.6 Å². The van der Waals surface area contributed by atoms with E-state index < -0.39 is 49.3 Å². The summed E-state index contributed by atoms with van der Waals surface area (Å²) in [6.45, 7) is 18.0. The fourth-order valence-corrected chi connectivity index (χ4v) is 0.791. The number of rotatable bonds is 9. The molecule has 2 unspecified atom stereocenters. The first-order chi connectivity index (χ1) is 13.5. The second-order valence-electron chi connectivity index (χ2n) is 6.06. The van der Waals surface area contributed by atoms with Crippen LogP contribution in [0.3, 0.4) is 0 Å². The zero-order chi connectivity index (χ0) is 24.6. The van der Waals surface area contributed by atoms with Gasteiger partial charge in [0, 0.05) is 22.3 Å². The van der Waals surface area contributed by atoms with Crippen molar-refractivity contribution in [2.75, 3.05) is 13.2 Å². The summed E-state index contributed by atoms with van der Waals surface area (Å²) in [4.78, 5) is 41.2. The fourth-order valence-electron chi connectivity index (χ4n) is 0.791. The molecule has 170 valence electrons. The molecule has 0 saturated carbocycles. The zero-order valence-electron chi connectivity index (χ0n) is 17.6. The lowest BCUT2D eigenvalue weighted by atomic mass is 10.2. The van der Waals surface area contributed by atoms with Crippen LogP contribution in [0.15, 0.2) is 48.6 Å². The summed E-state index contributed by atoms with van der Waals surface area (Å²) in [5.41, 5.74) is 0.723. The van der Waals surface area contributed by atoms with Crippen LogP contribution in [0.2, 0.25) is 0 Å². The average molecular weight is 430 g/mol. The Kier molecular flexibility index (Phi) is 17.5. The van der Waals surface area contributed by atoms with Crippen molar-refractivity contribution in [3.8, 4) is 0 Å². The predicted molar refractivity (Wildman–Crippen MR) is 108 cm³/mol. The molecule has 10 heteroatoms. The van der Waals surface area contributed by atoms with Gasteiger partial charge in [0.25, 0.3) is 0 Å². The van der Waals surface area contributed by atoms with E-state index in [0.29, 0.717) is 0 Å². The highest BCUT2D eigenvalue weighted by atomic mass is 16.6. The Labute approximate surface area is 175 Å². The van der Waals surface area contributed by atoms with Crippen LogP contribution in [0.1, 0.15) is 27.7 Å². The first kappa shape index (κ1) is 31.5. The Bertz CT molecular complexity index is 593. The van der Waals surface area contributed by atoms with E-state index in [2.05, 4.69) is 35.8 Å². The van der Waals surface area contributed by atoms with Crippen molar-refractivity contribution in [1.82, 2.24) is 0 Å². The normalized spacial score (nSPS) is 11.0. The van der Waals surface area contributed by atoms with E-state index in [-0.39, 0.29) is 22.3 Å². The summed E-state index contributed by atoms with van der Waals surface area (Å²) >= 11 is 0. The number of aliphatic hydroxyl groups is 2. The highest BCUT2D eigenvalue weighted by Gasteiger charge is 2.20. The second-order valence-corrected chi connectivity index (χ2v) is 6.06.